The van der Waals surface area contributed by atoms with Crippen LogP contribution in [0, 0.1) is 5.82 Å². The van der Waals surface area contributed by atoms with E-state index in [9.17, 15) is 9.90 Å². The molecule has 0 saturated carbocycles. The number of benzene rings is 2. The van der Waals surface area contributed by atoms with E-state index in [0.29, 0.717) is 64.2 Å². The second kappa shape index (κ2) is 14.5. The van der Waals surface area contributed by atoms with Crippen LogP contribution >= 0.6 is 23.2 Å². The standard InChI is InChI=1S/C35H36Cl2FN5O4/c1-46-30-15-21(14-20-9-11-43(12-13-44)19-27(20)30)34-33(37)24(8-10-40-34)23-4-3-5-25(32(23)36)29-16-28(38)26(35(42-29)47-2)18-39-17-22-6-7-31(45)41-22/h3-5,8,10,14-16,22,39,44H,6-7,9,11-13,17-19H2,1-2H3,(H,41,45). The van der Waals surface area contributed by atoms with Crippen LogP contribution in [0.25, 0.3) is 33.6 Å². The SMILES string of the molecule is COc1cc(-c2nccc(-c3cccc(-c4cc(F)c(CNCC5CCC(=O)N5)c(OC)n4)c3Cl)c2Cl)cc2c1CN(CCO)CC2. The Morgan fingerprint density at radius 3 is 2.64 bits per heavy atom. The third-order valence-corrected chi connectivity index (χ3v) is 9.54. The van der Waals surface area contributed by atoms with Gasteiger partial charge in [-0.25, -0.2) is 9.37 Å². The summed E-state index contributed by atoms with van der Waals surface area (Å²) in [5, 5.41) is 16.3. The Morgan fingerprint density at radius 1 is 1.09 bits per heavy atom. The molecule has 1 atom stereocenters. The molecule has 1 saturated heterocycles. The Kier molecular flexibility index (Phi) is 10.2. The van der Waals surface area contributed by atoms with Gasteiger partial charge in [0, 0.05) is 85.3 Å². The highest BCUT2D eigenvalue weighted by Crippen LogP contribution is 2.43. The average molecular weight is 681 g/mol. The molecule has 47 heavy (non-hydrogen) atoms. The Balaban J connectivity index is 1.30. The van der Waals surface area contributed by atoms with Gasteiger partial charge in [-0.2, -0.15) is 0 Å². The monoisotopic (exact) mass is 679 g/mol. The van der Waals surface area contributed by atoms with Crippen molar-refractivity contribution < 1.29 is 23.8 Å². The van der Waals surface area contributed by atoms with E-state index in [2.05, 4.69) is 31.6 Å². The predicted molar refractivity (Wildman–Crippen MR) is 180 cm³/mol. The second-order valence-electron chi connectivity index (χ2n) is 11.7. The smallest absolute Gasteiger partial charge is 0.221 e. The van der Waals surface area contributed by atoms with Crippen LogP contribution in [-0.4, -0.2) is 72.4 Å². The minimum Gasteiger partial charge on any atom is -0.496 e. The van der Waals surface area contributed by atoms with Crippen LogP contribution in [0.3, 0.4) is 0 Å². The fourth-order valence-corrected chi connectivity index (χ4v) is 6.96. The van der Waals surface area contributed by atoms with Crippen molar-refractivity contribution in [3.63, 3.8) is 0 Å². The van der Waals surface area contributed by atoms with E-state index < -0.39 is 5.82 Å². The first kappa shape index (κ1) is 33.1. The first-order valence-corrected chi connectivity index (χ1v) is 16.3. The van der Waals surface area contributed by atoms with E-state index in [1.807, 2.05) is 18.2 Å². The fourth-order valence-electron chi connectivity index (χ4n) is 6.32. The molecule has 246 valence electrons. The van der Waals surface area contributed by atoms with Crippen LogP contribution in [0.2, 0.25) is 10.0 Å². The number of fused-ring (bicyclic) bond motifs is 1. The molecule has 2 aliphatic rings. The van der Waals surface area contributed by atoms with E-state index >= 15 is 4.39 Å². The van der Waals surface area contributed by atoms with E-state index in [4.69, 9.17) is 32.7 Å². The van der Waals surface area contributed by atoms with E-state index in [1.165, 1.54) is 13.2 Å². The van der Waals surface area contributed by atoms with Crippen LogP contribution in [0.4, 0.5) is 4.39 Å². The molecule has 3 N–H and O–H groups in total. The highest BCUT2D eigenvalue weighted by molar-refractivity contribution is 6.39. The second-order valence-corrected chi connectivity index (χ2v) is 12.4. The predicted octanol–water partition coefficient (Wildman–Crippen LogP) is 5.66. The van der Waals surface area contributed by atoms with Gasteiger partial charge in [-0.1, -0.05) is 41.4 Å². The molecule has 9 nitrogen and oxygen atoms in total. The molecule has 2 aliphatic heterocycles. The molecule has 4 aromatic rings. The molecule has 0 bridgehead atoms. The maximum atomic E-state index is 15.5. The first-order valence-electron chi connectivity index (χ1n) is 15.5. The summed E-state index contributed by atoms with van der Waals surface area (Å²) in [6.45, 7) is 2.95. The minimum absolute atomic E-state index is 0.0171. The number of nitrogens with zero attached hydrogens (tertiary/aromatic N) is 3. The molecule has 2 aromatic carbocycles. The summed E-state index contributed by atoms with van der Waals surface area (Å²) in [4.78, 5) is 22.9. The quantitative estimate of drug-likeness (QED) is 0.186. The largest absolute Gasteiger partial charge is 0.496 e. The molecule has 6 rings (SSSR count). The number of methoxy groups -OCH3 is 2. The minimum atomic E-state index is -0.485. The third kappa shape index (κ3) is 6.93. The topological polar surface area (TPSA) is 109 Å². The Morgan fingerprint density at radius 2 is 1.89 bits per heavy atom. The molecule has 12 heteroatoms. The lowest BCUT2D eigenvalue weighted by Gasteiger charge is -2.29. The molecule has 1 unspecified atom stereocenters. The number of hydrogen-bond acceptors (Lipinski definition) is 8. The fraction of sp³-hybridized carbons (Fsp3) is 0.343. The van der Waals surface area contributed by atoms with Gasteiger partial charge in [-0.05, 0) is 36.6 Å². The van der Waals surface area contributed by atoms with Crippen molar-refractivity contribution in [2.45, 2.75) is 38.4 Å². The van der Waals surface area contributed by atoms with Crippen molar-refractivity contribution in [1.82, 2.24) is 25.5 Å². The van der Waals surface area contributed by atoms with Gasteiger partial charge >= 0.3 is 0 Å². The number of hydrogen-bond donors (Lipinski definition) is 3. The molecular weight excluding hydrogens is 644 g/mol. The van der Waals surface area contributed by atoms with Gasteiger partial charge in [0.2, 0.25) is 11.8 Å². The van der Waals surface area contributed by atoms with Crippen molar-refractivity contribution >= 4 is 29.1 Å². The molecule has 0 spiro atoms. The number of aromatic nitrogens is 2. The number of aliphatic hydroxyl groups excluding tert-OH is 1. The van der Waals surface area contributed by atoms with E-state index in [0.717, 1.165) is 41.8 Å². The Bertz CT molecular complexity index is 1790. The lowest BCUT2D eigenvalue weighted by Crippen LogP contribution is -2.35. The summed E-state index contributed by atoms with van der Waals surface area (Å²) in [6.07, 6.45) is 3.74. The van der Waals surface area contributed by atoms with Crippen molar-refractivity contribution in [1.29, 1.82) is 0 Å². The van der Waals surface area contributed by atoms with Gasteiger partial charge in [0.25, 0.3) is 0 Å². The van der Waals surface area contributed by atoms with Gasteiger partial charge < -0.3 is 25.2 Å². The van der Waals surface area contributed by atoms with Crippen LogP contribution < -0.4 is 20.1 Å². The van der Waals surface area contributed by atoms with Crippen molar-refractivity contribution in [2.75, 3.05) is 40.5 Å². The highest BCUT2D eigenvalue weighted by atomic mass is 35.5. The Hall–Kier alpha value is -3.80. The van der Waals surface area contributed by atoms with Crippen molar-refractivity contribution in [3.05, 3.63) is 81.2 Å². The zero-order chi connectivity index (χ0) is 33.1. The van der Waals surface area contributed by atoms with Crippen molar-refractivity contribution in [2.24, 2.45) is 0 Å². The lowest BCUT2D eigenvalue weighted by molar-refractivity contribution is -0.119. The molecule has 4 heterocycles. The third-order valence-electron chi connectivity index (χ3n) is 8.75. The highest BCUT2D eigenvalue weighted by Gasteiger charge is 2.24. The number of rotatable bonds is 11. The maximum absolute atomic E-state index is 15.5. The molecule has 0 aliphatic carbocycles. The van der Waals surface area contributed by atoms with E-state index in [1.54, 1.807) is 25.4 Å². The van der Waals surface area contributed by atoms with Gasteiger partial charge in [-0.3, -0.25) is 14.7 Å². The number of β-amino-alcohol motifs (C(OH)–C–C–N with tert-alkyl or cyclic N) is 1. The lowest BCUT2D eigenvalue weighted by atomic mass is 9.94. The van der Waals surface area contributed by atoms with Gasteiger partial charge in [0.1, 0.15) is 11.6 Å². The summed E-state index contributed by atoms with van der Waals surface area (Å²) in [6, 6.07) is 12.7. The number of nitrogens with one attached hydrogen (secondary N) is 2. The van der Waals surface area contributed by atoms with Gasteiger partial charge in [0.05, 0.1) is 47.8 Å². The van der Waals surface area contributed by atoms with Crippen LogP contribution in [0.1, 0.15) is 29.5 Å². The summed E-state index contributed by atoms with van der Waals surface area (Å²) in [5.74, 6) is 0.436. The van der Waals surface area contributed by atoms with Crippen LogP contribution in [0.15, 0.2) is 48.7 Å². The first-order chi connectivity index (χ1) is 22.8. The van der Waals surface area contributed by atoms with E-state index in [-0.39, 0.29) is 36.5 Å². The zero-order valence-electron chi connectivity index (χ0n) is 26.2. The zero-order valence-corrected chi connectivity index (χ0v) is 27.7. The Labute approximate surface area is 283 Å². The number of carbonyl (C=O) groups excluding carboxylic acids is 1. The van der Waals surface area contributed by atoms with Crippen molar-refractivity contribution in [3.8, 4) is 45.3 Å². The number of ether oxygens (including phenoxy) is 2. The van der Waals surface area contributed by atoms with Crippen LogP contribution in [-0.2, 0) is 24.3 Å². The number of amides is 1. The average Bonchev–Trinajstić information content (AvgIpc) is 3.50. The summed E-state index contributed by atoms with van der Waals surface area (Å²) >= 11 is 14.1. The number of carbonyl (C=O) groups is 1. The number of halogens is 3. The summed E-state index contributed by atoms with van der Waals surface area (Å²) < 4.78 is 26.8. The normalized spacial score (nSPS) is 16.2. The van der Waals surface area contributed by atoms with Gasteiger partial charge in [-0.15, -0.1) is 0 Å². The molecule has 1 fully saturated rings. The maximum Gasteiger partial charge on any atom is 0.221 e. The molecule has 0 radical (unpaired) electrons. The summed E-state index contributed by atoms with van der Waals surface area (Å²) in [7, 11) is 3.09. The molecular formula is C35H36Cl2FN5O4. The number of pyridine rings is 2. The van der Waals surface area contributed by atoms with Crippen LogP contribution in [0.5, 0.6) is 11.6 Å². The molecule has 2 aromatic heterocycles. The summed E-state index contributed by atoms with van der Waals surface area (Å²) in [5.41, 5.74) is 6.10. The molecule has 1 amide bonds. The number of aliphatic hydroxyl groups is 1. The van der Waals surface area contributed by atoms with Gasteiger partial charge in [0.15, 0.2) is 0 Å².